The van der Waals surface area contributed by atoms with Gasteiger partial charge in [-0.2, -0.15) is 4.98 Å². The molecule has 0 radical (unpaired) electrons. The monoisotopic (exact) mass is 291 g/mol. The number of methoxy groups -OCH3 is 2. The third-order valence-electron chi connectivity index (χ3n) is 2.85. The molecule has 0 saturated carbocycles. The molecular weight excluding hydrogens is 274 g/mol. The van der Waals surface area contributed by atoms with Gasteiger partial charge in [-0.25, -0.2) is 0 Å². The van der Waals surface area contributed by atoms with E-state index in [4.69, 9.17) is 9.26 Å². The first-order chi connectivity index (χ1) is 10.1. The molecule has 21 heavy (non-hydrogen) atoms. The van der Waals surface area contributed by atoms with Crippen LogP contribution in [0.4, 0.5) is 0 Å². The second-order valence-corrected chi connectivity index (χ2v) is 4.49. The zero-order valence-corrected chi connectivity index (χ0v) is 12.2. The Morgan fingerprint density at radius 1 is 1.29 bits per heavy atom. The number of likely N-dealkylation sites (N-methyl/N-ethyl adjacent to an activating group) is 1. The molecule has 7 nitrogen and oxygen atoms in total. The molecule has 2 rings (SSSR count). The topological polar surface area (TPSA) is 77.7 Å². The summed E-state index contributed by atoms with van der Waals surface area (Å²) < 4.78 is 14.9. The van der Waals surface area contributed by atoms with Crippen molar-refractivity contribution in [1.82, 2.24) is 15.0 Å². The number of hydrogen-bond acceptors (Lipinski definition) is 7. The number of ether oxygens (including phenoxy) is 2. The van der Waals surface area contributed by atoms with E-state index in [2.05, 4.69) is 14.9 Å². The number of benzene rings is 1. The van der Waals surface area contributed by atoms with Crippen molar-refractivity contribution in [3.63, 3.8) is 0 Å². The van der Waals surface area contributed by atoms with Gasteiger partial charge in [-0.05, 0) is 31.3 Å². The summed E-state index contributed by atoms with van der Waals surface area (Å²) in [5, 5.41) is 3.92. The molecule has 0 N–H and O–H groups in total. The normalized spacial score (nSPS) is 10.7. The summed E-state index contributed by atoms with van der Waals surface area (Å²) in [6, 6.07) is 7.36. The van der Waals surface area contributed by atoms with Crippen molar-refractivity contribution in [1.29, 1.82) is 0 Å². The van der Waals surface area contributed by atoms with E-state index >= 15 is 0 Å². The van der Waals surface area contributed by atoms with Crippen LogP contribution in [0.15, 0.2) is 28.8 Å². The lowest BCUT2D eigenvalue weighted by Gasteiger charge is -2.11. The highest BCUT2D eigenvalue weighted by Gasteiger charge is 2.13. The van der Waals surface area contributed by atoms with Crippen LogP contribution in [0.3, 0.4) is 0 Å². The minimum absolute atomic E-state index is 0.163. The molecule has 0 bridgehead atoms. The fraction of sp³-hybridized carbons (Fsp3) is 0.357. The van der Waals surface area contributed by atoms with Crippen LogP contribution < -0.4 is 4.74 Å². The van der Waals surface area contributed by atoms with Crippen LogP contribution in [0, 0.1) is 0 Å². The van der Waals surface area contributed by atoms with Gasteiger partial charge >= 0.3 is 5.97 Å². The third-order valence-corrected chi connectivity index (χ3v) is 2.85. The molecule has 0 fully saturated rings. The Kier molecular flexibility index (Phi) is 4.89. The quantitative estimate of drug-likeness (QED) is 0.743. The first-order valence-corrected chi connectivity index (χ1v) is 6.34. The minimum Gasteiger partial charge on any atom is -0.497 e. The highest BCUT2D eigenvalue weighted by Crippen LogP contribution is 2.19. The standard InChI is InChI=1S/C14H17N3O4/c1-17(9-13(18)20-3)8-12-15-14(16-21-12)10-4-6-11(19-2)7-5-10/h4-7H,8-9H2,1-3H3. The summed E-state index contributed by atoms with van der Waals surface area (Å²) in [7, 11) is 4.73. The molecule has 112 valence electrons. The van der Waals surface area contributed by atoms with Gasteiger partial charge in [0.25, 0.3) is 0 Å². The van der Waals surface area contributed by atoms with Gasteiger partial charge in [0.15, 0.2) is 0 Å². The number of carbonyl (C=O) groups excluding carboxylic acids is 1. The Morgan fingerprint density at radius 3 is 2.62 bits per heavy atom. The van der Waals surface area contributed by atoms with Gasteiger partial charge in [0.2, 0.25) is 11.7 Å². The van der Waals surface area contributed by atoms with Crippen LogP contribution in [0.2, 0.25) is 0 Å². The molecule has 0 unspecified atom stereocenters. The minimum atomic E-state index is -0.313. The third kappa shape index (κ3) is 4.03. The van der Waals surface area contributed by atoms with Crippen molar-refractivity contribution in [2.24, 2.45) is 0 Å². The van der Waals surface area contributed by atoms with Gasteiger partial charge in [0.1, 0.15) is 5.75 Å². The van der Waals surface area contributed by atoms with Crippen molar-refractivity contribution < 1.29 is 18.8 Å². The molecule has 0 aliphatic rings. The molecule has 1 aromatic heterocycles. The van der Waals surface area contributed by atoms with Crippen molar-refractivity contribution in [3.8, 4) is 17.1 Å². The molecule has 0 amide bonds. The summed E-state index contributed by atoms with van der Waals surface area (Å²) in [6.45, 7) is 0.537. The second-order valence-electron chi connectivity index (χ2n) is 4.49. The van der Waals surface area contributed by atoms with Crippen molar-refractivity contribution in [2.45, 2.75) is 6.54 Å². The lowest BCUT2D eigenvalue weighted by Crippen LogP contribution is -2.26. The molecule has 0 spiro atoms. The number of esters is 1. The van der Waals surface area contributed by atoms with Gasteiger partial charge in [-0.15, -0.1) is 0 Å². The van der Waals surface area contributed by atoms with E-state index in [0.717, 1.165) is 11.3 Å². The second kappa shape index (κ2) is 6.85. The smallest absolute Gasteiger partial charge is 0.319 e. The molecule has 0 atom stereocenters. The summed E-state index contributed by atoms with van der Waals surface area (Å²) >= 11 is 0. The fourth-order valence-electron chi connectivity index (χ4n) is 1.75. The van der Waals surface area contributed by atoms with E-state index in [0.29, 0.717) is 18.3 Å². The molecular formula is C14H17N3O4. The number of hydrogen-bond donors (Lipinski definition) is 0. The van der Waals surface area contributed by atoms with Crippen LogP contribution in [-0.2, 0) is 16.1 Å². The van der Waals surface area contributed by atoms with E-state index in [1.54, 1.807) is 19.1 Å². The average Bonchev–Trinajstić information content (AvgIpc) is 2.95. The number of nitrogens with zero attached hydrogens (tertiary/aromatic N) is 3. The maximum Gasteiger partial charge on any atom is 0.319 e. The molecule has 7 heteroatoms. The van der Waals surface area contributed by atoms with E-state index in [1.807, 2.05) is 24.3 Å². The van der Waals surface area contributed by atoms with E-state index in [-0.39, 0.29) is 12.5 Å². The molecule has 1 aromatic carbocycles. The summed E-state index contributed by atoms with van der Waals surface area (Å²) in [4.78, 5) is 17.2. The molecule has 0 saturated heterocycles. The Labute approximate surface area is 122 Å². The van der Waals surface area contributed by atoms with E-state index < -0.39 is 0 Å². The van der Waals surface area contributed by atoms with Crippen molar-refractivity contribution in [3.05, 3.63) is 30.2 Å². The van der Waals surface area contributed by atoms with Gasteiger partial charge in [-0.1, -0.05) is 5.16 Å². The maximum absolute atomic E-state index is 11.2. The van der Waals surface area contributed by atoms with Crippen LogP contribution >= 0.6 is 0 Å². The number of carbonyl (C=O) groups is 1. The van der Waals surface area contributed by atoms with E-state index in [9.17, 15) is 4.79 Å². The Bertz CT molecular complexity index is 595. The van der Waals surface area contributed by atoms with Crippen LogP contribution in [0.1, 0.15) is 5.89 Å². The molecule has 0 aliphatic carbocycles. The Balaban J connectivity index is 2.01. The van der Waals surface area contributed by atoms with Gasteiger partial charge in [0.05, 0.1) is 27.3 Å². The zero-order valence-electron chi connectivity index (χ0n) is 12.2. The summed E-state index contributed by atoms with van der Waals surface area (Å²) in [5.41, 5.74) is 0.835. The Morgan fingerprint density at radius 2 is 2.00 bits per heavy atom. The van der Waals surface area contributed by atoms with Crippen molar-refractivity contribution in [2.75, 3.05) is 27.8 Å². The van der Waals surface area contributed by atoms with Gasteiger partial charge in [0, 0.05) is 5.56 Å². The van der Waals surface area contributed by atoms with Crippen LogP contribution in [0.25, 0.3) is 11.4 Å². The number of rotatable bonds is 6. The first-order valence-electron chi connectivity index (χ1n) is 6.34. The highest BCUT2D eigenvalue weighted by atomic mass is 16.5. The largest absolute Gasteiger partial charge is 0.497 e. The molecule has 1 heterocycles. The summed E-state index contributed by atoms with van der Waals surface area (Å²) in [5.74, 6) is 1.39. The van der Waals surface area contributed by atoms with Crippen LogP contribution in [0.5, 0.6) is 5.75 Å². The first kappa shape index (κ1) is 15.0. The average molecular weight is 291 g/mol. The Hall–Kier alpha value is -2.41. The highest BCUT2D eigenvalue weighted by molar-refractivity contribution is 5.71. The predicted molar refractivity (Wildman–Crippen MR) is 74.6 cm³/mol. The zero-order chi connectivity index (χ0) is 15.2. The lowest BCUT2D eigenvalue weighted by molar-refractivity contribution is -0.141. The predicted octanol–water partition coefficient (Wildman–Crippen LogP) is 1.35. The fourth-order valence-corrected chi connectivity index (χ4v) is 1.75. The van der Waals surface area contributed by atoms with Gasteiger partial charge in [-0.3, -0.25) is 9.69 Å². The number of aromatic nitrogens is 2. The van der Waals surface area contributed by atoms with E-state index in [1.165, 1.54) is 7.11 Å². The SMILES string of the molecule is COC(=O)CN(C)Cc1nc(-c2ccc(OC)cc2)no1. The maximum atomic E-state index is 11.2. The summed E-state index contributed by atoms with van der Waals surface area (Å²) in [6.07, 6.45) is 0. The lowest BCUT2D eigenvalue weighted by atomic mass is 10.2. The van der Waals surface area contributed by atoms with Crippen LogP contribution in [-0.4, -0.2) is 48.8 Å². The van der Waals surface area contributed by atoms with Crippen molar-refractivity contribution >= 4 is 5.97 Å². The van der Waals surface area contributed by atoms with Gasteiger partial charge < -0.3 is 14.0 Å². The molecule has 2 aromatic rings. The molecule has 0 aliphatic heterocycles.